The smallest absolute Gasteiger partial charge is 0.411 e. The molecule has 1 aromatic heterocycles. The summed E-state index contributed by atoms with van der Waals surface area (Å²) in [5, 5.41) is 0. The van der Waals surface area contributed by atoms with Crippen LogP contribution >= 0.6 is 0 Å². The highest BCUT2D eigenvalue weighted by Gasteiger charge is 2.43. The third-order valence-electron chi connectivity index (χ3n) is 7.84. The van der Waals surface area contributed by atoms with E-state index in [-0.39, 0.29) is 18.0 Å². The van der Waals surface area contributed by atoms with Gasteiger partial charge >= 0.3 is 6.09 Å². The zero-order chi connectivity index (χ0) is 25.8. The Bertz CT molecular complexity index is 1240. The molecular weight excluding hydrogens is 462 g/mol. The van der Waals surface area contributed by atoms with Gasteiger partial charge in [0.2, 0.25) is 5.91 Å². The van der Waals surface area contributed by atoms with Gasteiger partial charge in [0, 0.05) is 44.4 Å². The van der Waals surface area contributed by atoms with Gasteiger partial charge in [-0.05, 0) is 67.5 Å². The van der Waals surface area contributed by atoms with Crippen LogP contribution in [-0.4, -0.2) is 46.4 Å². The number of amides is 2. The number of carbonyl (C=O) groups excluding carboxylic acids is 2. The molecule has 0 saturated carbocycles. The molecule has 6 nitrogen and oxygen atoms in total. The average molecular weight is 498 g/mol. The molecule has 0 radical (unpaired) electrons. The molecule has 2 saturated heterocycles. The van der Waals surface area contributed by atoms with E-state index in [0.29, 0.717) is 25.9 Å². The number of nitrogens with zero attached hydrogens (tertiary/aromatic N) is 3. The first-order valence-corrected chi connectivity index (χ1v) is 13.3. The SMILES string of the molecule is Cc1cc(-c2ccc([C@H](C)N3CC[C@](CCCN4CCCC4=O)(c4ccccc4)OC3=O)cc2)ccn1. The van der Waals surface area contributed by atoms with Crippen molar-refractivity contribution in [2.24, 2.45) is 0 Å². The molecule has 2 fully saturated rings. The number of hydrogen-bond donors (Lipinski definition) is 0. The van der Waals surface area contributed by atoms with Crippen LogP contribution in [0.1, 0.15) is 61.9 Å². The quantitative estimate of drug-likeness (QED) is 0.369. The second kappa shape index (κ2) is 10.8. The average Bonchev–Trinajstić information content (AvgIpc) is 3.33. The van der Waals surface area contributed by atoms with Gasteiger partial charge in [0.1, 0.15) is 5.60 Å². The van der Waals surface area contributed by atoms with Gasteiger partial charge in [-0.25, -0.2) is 4.79 Å². The molecule has 2 atom stereocenters. The van der Waals surface area contributed by atoms with E-state index in [1.807, 2.05) is 59.3 Å². The Labute approximate surface area is 219 Å². The van der Waals surface area contributed by atoms with Gasteiger partial charge in [-0.3, -0.25) is 9.78 Å². The van der Waals surface area contributed by atoms with Crippen molar-refractivity contribution >= 4 is 12.0 Å². The number of rotatable bonds is 8. The summed E-state index contributed by atoms with van der Waals surface area (Å²) in [6.07, 6.45) is 5.35. The van der Waals surface area contributed by atoms with Crippen molar-refractivity contribution in [1.29, 1.82) is 0 Å². The summed E-state index contributed by atoms with van der Waals surface area (Å²) in [6, 6.07) is 22.4. The Hall–Kier alpha value is -3.67. The zero-order valence-corrected chi connectivity index (χ0v) is 21.7. The van der Waals surface area contributed by atoms with Gasteiger partial charge in [-0.15, -0.1) is 0 Å². The molecule has 0 unspecified atom stereocenters. The van der Waals surface area contributed by atoms with Crippen LogP contribution in [0, 0.1) is 6.92 Å². The van der Waals surface area contributed by atoms with E-state index < -0.39 is 5.60 Å². The van der Waals surface area contributed by atoms with Crippen molar-refractivity contribution in [3.05, 3.63) is 89.7 Å². The van der Waals surface area contributed by atoms with Crippen LogP contribution in [0.3, 0.4) is 0 Å². The topological polar surface area (TPSA) is 62.7 Å². The summed E-state index contributed by atoms with van der Waals surface area (Å²) in [6.45, 7) is 6.21. The van der Waals surface area contributed by atoms with E-state index in [4.69, 9.17) is 4.74 Å². The predicted octanol–water partition coefficient (Wildman–Crippen LogP) is 6.26. The lowest BCUT2D eigenvalue weighted by Gasteiger charge is -2.44. The first kappa shape index (κ1) is 25.0. The Morgan fingerprint density at radius 1 is 1.00 bits per heavy atom. The predicted molar refractivity (Wildman–Crippen MR) is 144 cm³/mol. The Morgan fingerprint density at radius 3 is 2.46 bits per heavy atom. The summed E-state index contributed by atoms with van der Waals surface area (Å²) < 4.78 is 6.29. The summed E-state index contributed by atoms with van der Waals surface area (Å²) >= 11 is 0. The first-order valence-electron chi connectivity index (χ1n) is 13.3. The van der Waals surface area contributed by atoms with E-state index >= 15 is 0 Å². The lowest BCUT2D eigenvalue weighted by molar-refractivity contribution is -0.128. The molecule has 0 bridgehead atoms. The minimum Gasteiger partial charge on any atom is -0.438 e. The summed E-state index contributed by atoms with van der Waals surface area (Å²) in [4.78, 5) is 33.5. The van der Waals surface area contributed by atoms with Gasteiger partial charge in [0.15, 0.2) is 0 Å². The number of aryl methyl sites for hydroxylation is 1. The van der Waals surface area contributed by atoms with Crippen LogP contribution in [0.25, 0.3) is 11.1 Å². The highest BCUT2D eigenvalue weighted by molar-refractivity contribution is 5.78. The van der Waals surface area contributed by atoms with Gasteiger partial charge in [0.05, 0.1) is 6.04 Å². The minimum absolute atomic E-state index is 0.100. The molecule has 3 aromatic rings. The van der Waals surface area contributed by atoms with Crippen LogP contribution in [0.5, 0.6) is 0 Å². The van der Waals surface area contributed by atoms with E-state index in [2.05, 4.69) is 42.2 Å². The molecule has 37 heavy (non-hydrogen) atoms. The number of pyridine rings is 1. The third kappa shape index (κ3) is 5.38. The largest absolute Gasteiger partial charge is 0.438 e. The van der Waals surface area contributed by atoms with E-state index in [1.165, 1.54) is 0 Å². The molecule has 2 aromatic carbocycles. The molecule has 0 spiro atoms. The van der Waals surface area contributed by atoms with Crippen molar-refractivity contribution in [2.45, 2.75) is 57.6 Å². The van der Waals surface area contributed by atoms with Gasteiger partial charge in [-0.1, -0.05) is 54.6 Å². The molecule has 2 amide bonds. The van der Waals surface area contributed by atoms with Crippen molar-refractivity contribution in [3.63, 3.8) is 0 Å². The minimum atomic E-state index is -0.666. The zero-order valence-electron chi connectivity index (χ0n) is 21.7. The van der Waals surface area contributed by atoms with Crippen LogP contribution in [0.4, 0.5) is 4.79 Å². The fraction of sp³-hybridized carbons (Fsp3) is 0.387. The molecule has 2 aliphatic heterocycles. The van der Waals surface area contributed by atoms with Crippen molar-refractivity contribution in [3.8, 4) is 11.1 Å². The van der Waals surface area contributed by atoms with Crippen LogP contribution in [0.2, 0.25) is 0 Å². The monoisotopic (exact) mass is 497 g/mol. The van der Waals surface area contributed by atoms with E-state index in [0.717, 1.165) is 53.8 Å². The van der Waals surface area contributed by atoms with Crippen LogP contribution in [-0.2, 0) is 15.1 Å². The number of aromatic nitrogens is 1. The number of cyclic esters (lactones) is 1. The number of likely N-dealkylation sites (tertiary alicyclic amines) is 1. The third-order valence-corrected chi connectivity index (χ3v) is 7.84. The molecular formula is C31H35N3O3. The summed E-state index contributed by atoms with van der Waals surface area (Å²) in [7, 11) is 0. The summed E-state index contributed by atoms with van der Waals surface area (Å²) in [5.41, 5.74) is 4.68. The maximum Gasteiger partial charge on any atom is 0.411 e. The fourth-order valence-corrected chi connectivity index (χ4v) is 5.64. The number of ether oxygens (including phenoxy) is 1. The second-order valence-electron chi connectivity index (χ2n) is 10.2. The van der Waals surface area contributed by atoms with E-state index in [9.17, 15) is 9.59 Å². The van der Waals surface area contributed by atoms with Gasteiger partial charge in [0.25, 0.3) is 0 Å². The van der Waals surface area contributed by atoms with E-state index in [1.54, 1.807) is 0 Å². The Kier molecular flexibility index (Phi) is 7.26. The van der Waals surface area contributed by atoms with Crippen molar-refractivity contribution in [1.82, 2.24) is 14.8 Å². The molecule has 0 N–H and O–H groups in total. The molecule has 192 valence electrons. The maximum absolute atomic E-state index is 13.4. The normalized spacial score (nSPS) is 20.7. The lowest BCUT2D eigenvalue weighted by Crippen LogP contribution is -2.49. The standard InChI is InChI=1S/C31H35N3O3/c1-23-22-27(15-18-32-23)26-13-11-25(12-14-26)24(2)34-21-17-31(37-30(34)36,28-8-4-3-5-9-28)16-7-20-33-19-6-10-29(33)35/h3-5,8-9,11-15,18,22,24H,6-7,10,16-17,19-21H2,1-2H3/t24-,31+/m0/s1. The second-order valence-corrected chi connectivity index (χ2v) is 10.2. The van der Waals surface area contributed by atoms with Crippen molar-refractivity contribution in [2.75, 3.05) is 19.6 Å². The molecule has 6 heteroatoms. The number of benzene rings is 2. The molecule has 3 heterocycles. The number of carbonyl (C=O) groups is 2. The fourth-order valence-electron chi connectivity index (χ4n) is 5.64. The van der Waals surface area contributed by atoms with Crippen LogP contribution < -0.4 is 0 Å². The molecule has 0 aliphatic carbocycles. The Balaban J connectivity index is 1.29. The lowest BCUT2D eigenvalue weighted by atomic mass is 9.84. The maximum atomic E-state index is 13.4. The van der Waals surface area contributed by atoms with Crippen LogP contribution in [0.15, 0.2) is 72.9 Å². The first-order chi connectivity index (χ1) is 17.9. The Morgan fingerprint density at radius 2 is 1.78 bits per heavy atom. The summed E-state index contributed by atoms with van der Waals surface area (Å²) in [5.74, 6) is 0.236. The van der Waals surface area contributed by atoms with Crippen molar-refractivity contribution < 1.29 is 14.3 Å². The molecule has 2 aliphatic rings. The highest BCUT2D eigenvalue weighted by Crippen LogP contribution is 2.40. The molecule has 5 rings (SSSR count). The highest BCUT2D eigenvalue weighted by atomic mass is 16.6. The van der Waals surface area contributed by atoms with Gasteiger partial charge in [-0.2, -0.15) is 0 Å². The van der Waals surface area contributed by atoms with Gasteiger partial charge < -0.3 is 14.5 Å². The number of hydrogen-bond acceptors (Lipinski definition) is 4.